The van der Waals surface area contributed by atoms with Crippen LogP contribution in [-0.4, -0.2) is 32.6 Å². The first-order valence-corrected chi connectivity index (χ1v) is 8.95. The van der Waals surface area contributed by atoms with Crippen molar-refractivity contribution in [2.75, 3.05) is 13.6 Å². The number of nitrogens with one attached hydrogen (secondary N) is 2. The van der Waals surface area contributed by atoms with Crippen LogP contribution >= 0.6 is 0 Å². The zero-order valence-electron chi connectivity index (χ0n) is 12.2. The van der Waals surface area contributed by atoms with Gasteiger partial charge in [0.05, 0.1) is 0 Å². The van der Waals surface area contributed by atoms with Crippen molar-refractivity contribution < 1.29 is 8.42 Å². The molecule has 0 radical (unpaired) electrons. The van der Waals surface area contributed by atoms with Gasteiger partial charge in [-0.15, -0.1) is 0 Å². The Balaban J connectivity index is 1.97. The van der Waals surface area contributed by atoms with Gasteiger partial charge in [0.2, 0.25) is 10.0 Å². The van der Waals surface area contributed by atoms with Crippen molar-refractivity contribution in [2.45, 2.75) is 31.2 Å². The minimum absolute atomic E-state index is 0.0396. The van der Waals surface area contributed by atoms with E-state index in [1.807, 2.05) is 29.0 Å². The van der Waals surface area contributed by atoms with Gasteiger partial charge in [-0.3, -0.25) is 0 Å². The van der Waals surface area contributed by atoms with Gasteiger partial charge in [-0.05, 0) is 44.5 Å². The monoisotopic (exact) mass is 307 g/mol. The van der Waals surface area contributed by atoms with E-state index >= 15 is 0 Å². The van der Waals surface area contributed by atoms with Crippen LogP contribution in [0.15, 0.2) is 30.5 Å². The highest BCUT2D eigenvalue weighted by Crippen LogP contribution is 2.24. The van der Waals surface area contributed by atoms with Crippen molar-refractivity contribution in [3.63, 3.8) is 0 Å². The minimum atomic E-state index is -3.28. The molecule has 114 valence electrons. The molecule has 0 amide bonds. The summed E-state index contributed by atoms with van der Waals surface area (Å²) in [4.78, 5) is 0. The van der Waals surface area contributed by atoms with Gasteiger partial charge in [-0.1, -0.05) is 18.2 Å². The normalized spacial score (nSPS) is 19.4. The Labute approximate surface area is 125 Å². The Bertz CT molecular complexity index is 730. The number of aromatic nitrogens is 1. The molecule has 3 rings (SSSR count). The minimum Gasteiger partial charge on any atom is -0.331 e. The molecule has 1 unspecified atom stereocenters. The van der Waals surface area contributed by atoms with Crippen LogP contribution in [0.1, 0.15) is 18.4 Å². The number of fused-ring (bicyclic) bond motifs is 1. The van der Waals surface area contributed by atoms with Gasteiger partial charge < -0.3 is 9.88 Å². The average Bonchev–Trinajstić information content (AvgIpc) is 3.09. The van der Waals surface area contributed by atoms with Gasteiger partial charge in [0.25, 0.3) is 0 Å². The Morgan fingerprint density at radius 2 is 2.19 bits per heavy atom. The molecule has 1 aromatic carbocycles. The summed E-state index contributed by atoms with van der Waals surface area (Å²) in [5.74, 6) is -0.0396. The van der Waals surface area contributed by atoms with Crippen molar-refractivity contribution in [1.82, 2.24) is 14.6 Å². The smallest absolute Gasteiger partial charge is 0.229 e. The number of para-hydroxylation sites is 1. The molecule has 1 aromatic heterocycles. The van der Waals surface area contributed by atoms with Gasteiger partial charge in [-0.2, -0.15) is 0 Å². The lowest BCUT2D eigenvalue weighted by atomic mass is 10.0. The maximum absolute atomic E-state index is 11.8. The summed E-state index contributed by atoms with van der Waals surface area (Å²) in [6, 6.07) is 8.51. The van der Waals surface area contributed by atoms with E-state index < -0.39 is 10.0 Å². The lowest BCUT2D eigenvalue weighted by Gasteiger charge is -2.08. The summed E-state index contributed by atoms with van der Waals surface area (Å²) >= 11 is 0. The summed E-state index contributed by atoms with van der Waals surface area (Å²) in [7, 11) is -1.83. The highest BCUT2D eigenvalue weighted by atomic mass is 32.2. The highest BCUT2D eigenvalue weighted by molar-refractivity contribution is 7.88. The van der Waals surface area contributed by atoms with Crippen molar-refractivity contribution in [1.29, 1.82) is 0 Å². The molecule has 0 saturated carbocycles. The van der Waals surface area contributed by atoms with Crippen molar-refractivity contribution in [3.8, 4) is 0 Å². The van der Waals surface area contributed by atoms with Crippen LogP contribution in [0.2, 0.25) is 0 Å². The number of hydrogen-bond donors (Lipinski definition) is 2. The molecule has 1 atom stereocenters. The number of nitrogens with zero attached hydrogens (tertiary/aromatic N) is 1. The molecule has 1 fully saturated rings. The van der Waals surface area contributed by atoms with Crippen LogP contribution < -0.4 is 10.0 Å². The molecular formula is C15H21N3O2S. The molecule has 2 N–H and O–H groups in total. The van der Waals surface area contributed by atoms with E-state index in [9.17, 15) is 8.42 Å². The molecule has 0 aliphatic carbocycles. The summed E-state index contributed by atoms with van der Waals surface area (Å²) in [6.45, 7) is 1.08. The summed E-state index contributed by atoms with van der Waals surface area (Å²) in [5.41, 5.74) is 2.20. The van der Waals surface area contributed by atoms with E-state index in [1.54, 1.807) is 0 Å². The molecule has 1 saturated heterocycles. The third-order valence-electron chi connectivity index (χ3n) is 4.12. The molecule has 2 heterocycles. The maximum Gasteiger partial charge on any atom is 0.229 e. The van der Waals surface area contributed by atoms with E-state index in [1.165, 1.54) is 25.5 Å². The quantitative estimate of drug-likeness (QED) is 0.878. The van der Waals surface area contributed by atoms with E-state index in [2.05, 4.69) is 16.1 Å². The van der Waals surface area contributed by atoms with Crippen LogP contribution in [-0.2, 0) is 22.3 Å². The lowest BCUT2D eigenvalue weighted by molar-refractivity contribution is 0.577. The van der Waals surface area contributed by atoms with Crippen LogP contribution in [0.4, 0.5) is 0 Å². The first-order valence-electron chi connectivity index (χ1n) is 7.30. The van der Waals surface area contributed by atoms with Crippen molar-refractivity contribution in [2.24, 2.45) is 0 Å². The van der Waals surface area contributed by atoms with E-state index in [0.717, 1.165) is 23.9 Å². The van der Waals surface area contributed by atoms with Gasteiger partial charge >= 0.3 is 0 Å². The standard InChI is InChI=1S/C15H21N3O2S/c1-16-21(19,20)11-18-10-12(9-13-5-4-8-17-13)14-6-2-3-7-15(14)18/h2-3,6-7,10,13,16-17H,4-5,8-9,11H2,1H3. The summed E-state index contributed by atoms with van der Waals surface area (Å²) < 4.78 is 27.8. The Kier molecular flexibility index (Phi) is 4.01. The molecule has 0 spiro atoms. The fourth-order valence-electron chi connectivity index (χ4n) is 3.04. The number of benzene rings is 1. The molecule has 6 heteroatoms. The second-order valence-corrected chi connectivity index (χ2v) is 7.48. The predicted octanol–water partition coefficient (Wildman–Crippen LogP) is 1.44. The van der Waals surface area contributed by atoms with Crippen molar-refractivity contribution >= 4 is 20.9 Å². The second-order valence-electron chi connectivity index (χ2n) is 5.59. The number of sulfonamides is 1. The summed E-state index contributed by atoms with van der Waals surface area (Å²) in [5, 5.41) is 4.65. The number of hydrogen-bond acceptors (Lipinski definition) is 3. The maximum atomic E-state index is 11.8. The highest BCUT2D eigenvalue weighted by Gasteiger charge is 2.18. The number of rotatable bonds is 5. The largest absolute Gasteiger partial charge is 0.331 e. The molecule has 1 aliphatic heterocycles. The molecule has 5 nitrogen and oxygen atoms in total. The van der Waals surface area contributed by atoms with Crippen LogP contribution in [0.25, 0.3) is 10.9 Å². The SMILES string of the molecule is CNS(=O)(=O)Cn1cc(CC2CCCN2)c2ccccc21. The van der Waals surface area contributed by atoms with E-state index in [0.29, 0.717) is 6.04 Å². The van der Waals surface area contributed by atoms with E-state index in [-0.39, 0.29) is 5.88 Å². The van der Waals surface area contributed by atoms with E-state index in [4.69, 9.17) is 0 Å². The van der Waals surface area contributed by atoms with Gasteiger partial charge in [0, 0.05) is 23.1 Å². The topological polar surface area (TPSA) is 63.1 Å². The van der Waals surface area contributed by atoms with Gasteiger partial charge in [-0.25, -0.2) is 13.1 Å². The van der Waals surface area contributed by atoms with Gasteiger partial charge in [0.15, 0.2) is 0 Å². The molecular weight excluding hydrogens is 286 g/mol. The lowest BCUT2D eigenvalue weighted by Crippen LogP contribution is -2.24. The first-order chi connectivity index (χ1) is 10.1. The molecule has 2 aromatic rings. The molecule has 21 heavy (non-hydrogen) atoms. The first kappa shape index (κ1) is 14.6. The fraction of sp³-hybridized carbons (Fsp3) is 0.467. The predicted molar refractivity (Wildman–Crippen MR) is 84.6 cm³/mol. The third kappa shape index (κ3) is 3.12. The van der Waals surface area contributed by atoms with Crippen LogP contribution in [0.3, 0.4) is 0 Å². The summed E-state index contributed by atoms with van der Waals surface area (Å²) in [6.07, 6.45) is 5.35. The average molecular weight is 307 g/mol. The molecule has 1 aliphatic rings. The second kappa shape index (κ2) is 5.79. The van der Waals surface area contributed by atoms with Crippen molar-refractivity contribution in [3.05, 3.63) is 36.0 Å². The zero-order valence-corrected chi connectivity index (χ0v) is 13.0. The zero-order chi connectivity index (χ0) is 14.9. The fourth-order valence-corrected chi connectivity index (χ4v) is 3.75. The van der Waals surface area contributed by atoms with Crippen LogP contribution in [0.5, 0.6) is 0 Å². The Morgan fingerprint density at radius 1 is 1.38 bits per heavy atom. The van der Waals surface area contributed by atoms with Crippen LogP contribution in [0, 0.1) is 0 Å². The third-order valence-corrected chi connectivity index (χ3v) is 5.36. The van der Waals surface area contributed by atoms with Gasteiger partial charge in [0.1, 0.15) is 5.88 Å². The Hall–Kier alpha value is -1.37. The molecule has 0 bridgehead atoms. The Morgan fingerprint density at radius 3 is 2.90 bits per heavy atom.